The average Bonchev–Trinajstić information content (AvgIpc) is 2.16. The molecule has 15 heavy (non-hydrogen) atoms. The van der Waals surface area contributed by atoms with Crippen LogP contribution in [0.25, 0.3) is 6.08 Å². The molecule has 0 aromatic heterocycles. The van der Waals surface area contributed by atoms with Gasteiger partial charge in [0.05, 0.1) is 14.3 Å². The predicted molar refractivity (Wildman–Crippen MR) is 56.8 cm³/mol. The fourth-order valence-electron chi connectivity index (χ4n) is 0.920. The van der Waals surface area contributed by atoms with Crippen LogP contribution >= 0.6 is 15.9 Å². The minimum Gasteiger partial charge on any atom is -0.259 e. The van der Waals surface area contributed by atoms with Gasteiger partial charge in [-0.2, -0.15) is 0 Å². The lowest BCUT2D eigenvalue weighted by Crippen LogP contribution is -1.90. The lowest BCUT2D eigenvalue weighted by atomic mass is 10.2. The van der Waals surface area contributed by atoms with Crippen molar-refractivity contribution in [3.63, 3.8) is 0 Å². The molecule has 6 nitrogen and oxygen atoms in total. The molecule has 0 atom stereocenters. The van der Waals surface area contributed by atoms with Gasteiger partial charge in [-0.25, -0.2) is 0 Å². The number of nitro groups is 2. The summed E-state index contributed by atoms with van der Waals surface area (Å²) in [6.07, 6.45) is 1.92. The van der Waals surface area contributed by atoms with Crippen LogP contribution in [0.4, 0.5) is 5.69 Å². The summed E-state index contributed by atoms with van der Waals surface area (Å²) in [7, 11) is 0. The van der Waals surface area contributed by atoms with Crippen LogP contribution in [-0.4, -0.2) is 9.85 Å². The fraction of sp³-hybridized carbons (Fsp3) is 0. The SMILES string of the molecule is O=[N+]([O-])C=Cc1ccc(Br)c([N+](=O)[O-])c1. The zero-order chi connectivity index (χ0) is 11.4. The Bertz CT molecular complexity index is 444. The third kappa shape index (κ3) is 3.13. The molecule has 1 aromatic carbocycles. The summed E-state index contributed by atoms with van der Waals surface area (Å²) in [6, 6.07) is 4.26. The first kappa shape index (κ1) is 11.3. The molecule has 0 N–H and O–H groups in total. The number of nitro benzene ring substituents is 1. The van der Waals surface area contributed by atoms with Crippen molar-refractivity contribution in [2.75, 3.05) is 0 Å². The monoisotopic (exact) mass is 272 g/mol. The van der Waals surface area contributed by atoms with Crippen LogP contribution in [-0.2, 0) is 0 Å². The Labute approximate surface area is 92.6 Å². The van der Waals surface area contributed by atoms with E-state index in [4.69, 9.17) is 0 Å². The van der Waals surface area contributed by atoms with Crippen molar-refractivity contribution in [1.82, 2.24) is 0 Å². The maximum atomic E-state index is 10.5. The van der Waals surface area contributed by atoms with E-state index in [2.05, 4.69) is 15.9 Å². The summed E-state index contributed by atoms with van der Waals surface area (Å²) in [5.41, 5.74) is 0.280. The highest BCUT2D eigenvalue weighted by molar-refractivity contribution is 9.10. The molecule has 0 aliphatic heterocycles. The van der Waals surface area contributed by atoms with Gasteiger partial charge in [0.25, 0.3) is 5.69 Å². The van der Waals surface area contributed by atoms with Gasteiger partial charge in [-0.05, 0) is 27.6 Å². The minimum atomic E-state index is -0.631. The van der Waals surface area contributed by atoms with Gasteiger partial charge in [0.15, 0.2) is 0 Å². The van der Waals surface area contributed by atoms with Crippen molar-refractivity contribution in [1.29, 1.82) is 0 Å². The van der Waals surface area contributed by atoms with Gasteiger partial charge in [-0.3, -0.25) is 20.2 Å². The summed E-state index contributed by atoms with van der Waals surface area (Å²) in [6.45, 7) is 0. The Morgan fingerprint density at radius 3 is 2.47 bits per heavy atom. The van der Waals surface area contributed by atoms with Crippen molar-refractivity contribution in [2.45, 2.75) is 0 Å². The van der Waals surface area contributed by atoms with E-state index in [0.717, 1.165) is 6.20 Å². The minimum absolute atomic E-state index is 0.125. The van der Waals surface area contributed by atoms with Gasteiger partial charge in [0.1, 0.15) is 0 Å². The molecule has 0 saturated carbocycles. The first-order chi connectivity index (χ1) is 7.00. The van der Waals surface area contributed by atoms with E-state index < -0.39 is 9.85 Å². The number of benzene rings is 1. The van der Waals surface area contributed by atoms with E-state index in [9.17, 15) is 20.2 Å². The van der Waals surface area contributed by atoms with Crippen LogP contribution in [0.1, 0.15) is 5.56 Å². The summed E-state index contributed by atoms with van der Waals surface area (Å²) in [5, 5.41) is 20.6. The third-order valence-electron chi connectivity index (χ3n) is 1.56. The zero-order valence-electron chi connectivity index (χ0n) is 7.29. The Kier molecular flexibility index (Phi) is 3.51. The Morgan fingerprint density at radius 1 is 1.27 bits per heavy atom. The van der Waals surface area contributed by atoms with Crippen molar-refractivity contribution < 1.29 is 9.85 Å². The maximum absolute atomic E-state index is 10.5. The maximum Gasteiger partial charge on any atom is 0.284 e. The molecule has 0 aliphatic rings. The molecule has 1 rings (SSSR count). The molecular formula is C8H5BrN2O4. The smallest absolute Gasteiger partial charge is 0.259 e. The molecule has 0 fully saturated rings. The van der Waals surface area contributed by atoms with Crippen LogP contribution in [0.15, 0.2) is 28.9 Å². The molecule has 0 bridgehead atoms. The van der Waals surface area contributed by atoms with E-state index in [1.54, 1.807) is 0 Å². The van der Waals surface area contributed by atoms with Crippen LogP contribution < -0.4 is 0 Å². The molecule has 0 aliphatic carbocycles. The largest absolute Gasteiger partial charge is 0.284 e. The molecule has 78 valence electrons. The number of nitrogens with zero attached hydrogens (tertiary/aromatic N) is 2. The average molecular weight is 273 g/mol. The molecule has 0 unspecified atom stereocenters. The number of halogens is 1. The Morgan fingerprint density at radius 2 is 1.93 bits per heavy atom. The van der Waals surface area contributed by atoms with E-state index in [-0.39, 0.29) is 5.69 Å². The predicted octanol–water partition coefficient (Wildman–Crippen LogP) is 2.60. The van der Waals surface area contributed by atoms with Crippen molar-refractivity contribution >= 4 is 27.7 Å². The first-order valence-electron chi connectivity index (χ1n) is 3.76. The van der Waals surface area contributed by atoms with E-state index >= 15 is 0 Å². The molecule has 1 aromatic rings. The quantitative estimate of drug-likeness (QED) is 0.625. The summed E-state index contributed by atoms with van der Waals surface area (Å²) < 4.78 is 0.339. The van der Waals surface area contributed by atoms with Crippen molar-refractivity contribution in [2.24, 2.45) is 0 Å². The highest BCUT2D eigenvalue weighted by atomic mass is 79.9. The molecule has 7 heteroatoms. The fourth-order valence-corrected chi connectivity index (χ4v) is 1.31. The van der Waals surface area contributed by atoms with Gasteiger partial charge in [0, 0.05) is 12.1 Å². The first-order valence-corrected chi connectivity index (χ1v) is 4.55. The van der Waals surface area contributed by atoms with Gasteiger partial charge in [-0.1, -0.05) is 6.07 Å². The second-order valence-corrected chi connectivity index (χ2v) is 3.42. The second-order valence-electron chi connectivity index (χ2n) is 2.57. The van der Waals surface area contributed by atoms with Gasteiger partial charge in [-0.15, -0.1) is 0 Å². The summed E-state index contributed by atoms with van der Waals surface area (Å²) in [4.78, 5) is 19.4. The Hall–Kier alpha value is -1.76. The highest BCUT2D eigenvalue weighted by Crippen LogP contribution is 2.25. The number of rotatable bonds is 3. The summed E-state index contributed by atoms with van der Waals surface area (Å²) >= 11 is 3.01. The van der Waals surface area contributed by atoms with Crippen molar-refractivity contribution in [3.8, 4) is 0 Å². The standard InChI is InChI=1S/C8H5BrN2O4/c9-7-2-1-6(3-4-10(12)13)5-8(7)11(14)15/h1-5H. The van der Waals surface area contributed by atoms with Gasteiger partial charge >= 0.3 is 0 Å². The van der Waals surface area contributed by atoms with E-state index in [1.807, 2.05) is 0 Å². The molecule has 0 amide bonds. The van der Waals surface area contributed by atoms with Crippen LogP contribution in [0.5, 0.6) is 0 Å². The second kappa shape index (κ2) is 4.65. The van der Waals surface area contributed by atoms with Gasteiger partial charge in [0.2, 0.25) is 6.20 Å². The molecule has 0 saturated heterocycles. The topological polar surface area (TPSA) is 86.3 Å². The molecular weight excluding hydrogens is 268 g/mol. The lowest BCUT2D eigenvalue weighted by Gasteiger charge is -1.96. The third-order valence-corrected chi connectivity index (χ3v) is 2.23. The summed E-state index contributed by atoms with van der Waals surface area (Å²) in [5.74, 6) is 0. The number of hydrogen-bond acceptors (Lipinski definition) is 4. The van der Waals surface area contributed by atoms with Crippen LogP contribution in [0.3, 0.4) is 0 Å². The highest BCUT2D eigenvalue weighted by Gasteiger charge is 2.11. The van der Waals surface area contributed by atoms with Gasteiger partial charge < -0.3 is 0 Å². The van der Waals surface area contributed by atoms with Crippen LogP contribution in [0, 0.1) is 20.2 Å². The number of hydrogen-bond donors (Lipinski definition) is 0. The Balaban J connectivity index is 3.08. The lowest BCUT2D eigenvalue weighted by molar-refractivity contribution is -0.400. The van der Waals surface area contributed by atoms with E-state index in [1.165, 1.54) is 24.3 Å². The van der Waals surface area contributed by atoms with Crippen LogP contribution in [0.2, 0.25) is 0 Å². The molecule has 0 spiro atoms. The van der Waals surface area contributed by atoms with E-state index in [0.29, 0.717) is 10.0 Å². The molecule has 0 radical (unpaired) electrons. The van der Waals surface area contributed by atoms with Crippen molar-refractivity contribution in [3.05, 3.63) is 54.7 Å². The molecule has 0 heterocycles. The normalized spacial score (nSPS) is 10.5. The zero-order valence-corrected chi connectivity index (χ0v) is 8.88.